The number of rotatable bonds is 3. The van der Waals surface area contributed by atoms with Gasteiger partial charge in [0.1, 0.15) is 18.2 Å². The number of aromatic nitrogens is 1. The van der Waals surface area contributed by atoms with E-state index in [1.165, 1.54) is 0 Å². The maximum absolute atomic E-state index is 9.26. The molecule has 0 amide bonds. The third-order valence-electron chi connectivity index (χ3n) is 8.35. The molecule has 2 aliphatic rings. The molecule has 2 aromatic heterocycles. The van der Waals surface area contributed by atoms with Crippen LogP contribution in [0.15, 0.2) is 77.3 Å². The molecule has 0 spiro atoms. The van der Waals surface area contributed by atoms with E-state index < -0.39 is 12.7 Å². The van der Waals surface area contributed by atoms with Crippen molar-refractivity contribution < 1.29 is 14.5 Å². The van der Waals surface area contributed by atoms with Gasteiger partial charge >= 0.3 is 0 Å². The normalized spacial score (nSPS) is 22.7. The van der Waals surface area contributed by atoms with Gasteiger partial charge in [0.15, 0.2) is 6.20 Å². The summed E-state index contributed by atoms with van der Waals surface area (Å²) >= 11 is 0. The first-order chi connectivity index (χ1) is 19.2. The van der Waals surface area contributed by atoms with Crippen molar-refractivity contribution in [1.29, 1.82) is 0 Å². The number of furan rings is 1. The molecule has 1 fully saturated rings. The zero-order chi connectivity index (χ0) is 27.8. The number of aryl methyl sites for hydroxylation is 2. The van der Waals surface area contributed by atoms with Gasteiger partial charge in [0, 0.05) is 34.0 Å². The first-order valence-electron chi connectivity index (χ1n) is 15.2. The second-order valence-corrected chi connectivity index (χ2v) is 10.5. The van der Waals surface area contributed by atoms with Gasteiger partial charge in [0.05, 0.1) is 5.56 Å². The number of nitrogens with zero attached hydrogens (tertiary/aromatic N) is 1. The van der Waals surface area contributed by atoms with Crippen LogP contribution >= 0.6 is 0 Å². The molecule has 1 atom stereocenters. The minimum absolute atomic E-state index is 0.207. The summed E-state index contributed by atoms with van der Waals surface area (Å²) in [5.74, 6) is -0.0754. The van der Waals surface area contributed by atoms with Gasteiger partial charge < -0.3 is 4.42 Å². The quantitative estimate of drug-likeness (QED) is 0.239. The van der Waals surface area contributed by atoms with Crippen molar-refractivity contribution in [1.82, 2.24) is 0 Å². The predicted octanol–water partition coefficient (Wildman–Crippen LogP) is 8.35. The van der Waals surface area contributed by atoms with Gasteiger partial charge in [-0.1, -0.05) is 74.2 Å². The lowest BCUT2D eigenvalue weighted by molar-refractivity contribution is -0.660. The van der Waals surface area contributed by atoms with E-state index in [-0.39, 0.29) is 18.3 Å². The van der Waals surface area contributed by atoms with Crippen LogP contribution in [0.2, 0.25) is 0 Å². The molecule has 0 aliphatic heterocycles. The van der Waals surface area contributed by atoms with Crippen LogP contribution in [-0.4, -0.2) is 0 Å². The van der Waals surface area contributed by atoms with Crippen molar-refractivity contribution in [3.63, 3.8) is 0 Å². The molecule has 1 saturated carbocycles. The van der Waals surface area contributed by atoms with Gasteiger partial charge in [-0.15, -0.1) is 0 Å². The molecule has 2 aliphatic carbocycles. The fourth-order valence-corrected chi connectivity index (χ4v) is 6.47. The zero-order valence-corrected chi connectivity index (χ0v) is 21.0. The van der Waals surface area contributed by atoms with E-state index in [9.17, 15) is 5.48 Å². The van der Waals surface area contributed by atoms with Crippen molar-refractivity contribution in [3.8, 4) is 22.4 Å². The molecule has 0 radical (unpaired) electrons. The van der Waals surface area contributed by atoms with Crippen molar-refractivity contribution >= 4 is 21.9 Å². The smallest absolute Gasteiger partial charge is 0.216 e. The van der Waals surface area contributed by atoms with E-state index in [1.54, 1.807) is 0 Å². The molecule has 2 nitrogen and oxygen atoms in total. The van der Waals surface area contributed by atoms with E-state index >= 15 is 0 Å². The van der Waals surface area contributed by atoms with Crippen molar-refractivity contribution in [2.45, 2.75) is 51.8 Å². The number of fused-ring (bicyclic) bond motifs is 4. The molecule has 2 heteroatoms. The minimum Gasteiger partial charge on any atom is -0.454 e. The Morgan fingerprint density at radius 3 is 2.47 bits per heavy atom. The summed E-state index contributed by atoms with van der Waals surface area (Å²) < 4.78 is 45.9. The van der Waals surface area contributed by atoms with E-state index in [0.29, 0.717) is 16.7 Å². The Labute approximate surface area is 219 Å². The largest absolute Gasteiger partial charge is 0.454 e. The number of benzene rings is 3. The summed E-state index contributed by atoms with van der Waals surface area (Å²) in [6.45, 7) is 2.10. The van der Waals surface area contributed by atoms with Gasteiger partial charge in [-0.3, -0.25) is 0 Å². The van der Waals surface area contributed by atoms with E-state index in [2.05, 4.69) is 35.8 Å². The molecule has 7 rings (SSSR count). The predicted molar refractivity (Wildman–Crippen MR) is 148 cm³/mol. The highest BCUT2D eigenvalue weighted by Gasteiger charge is 2.30. The van der Waals surface area contributed by atoms with Gasteiger partial charge in [-0.25, -0.2) is 4.57 Å². The molecule has 0 saturated heterocycles. The van der Waals surface area contributed by atoms with Crippen molar-refractivity contribution in [3.05, 3.63) is 89.6 Å². The summed E-state index contributed by atoms with van der Waals surface area (Å²) in [6, 6.07) is 22.1. The van der Waals surface area contributed by atoms with Crippen LogP contribution in [0.5, 0.6) is 0 Å². The molecule has 5 aromatic rings. The summed E-state index contributed by atoms with van der Waals surface area (Å²) in [7, 11) is 2.03. The Morgan fingerprint density at radius 2 is 1.61 bits per heavy atom. The summed E-state index contributed by atoms with van der Waals surface area (Å²) in [5, 5.41) is 2.00. The van der Waals surface area contributed by atoms with Crippen LogP contribution in [-0.2, 0) is 19.8 Å². The van der Waals surface area contributed by atoms with E-state index in [4.69, 9.17) is 4.42 Å². The van der Waals surface area contributed by atoms with Crippen LogP contribution in [0.1, 0.15) is 54.3 Å². The molecular formula is C34H34NO+. The van der Waals surface area contributed by atoms with E-state index in [0.717, 1.165) is 70.0 Å². The van der Waals surface area contributed by atoms with Crippen LogP contribution in [0, 0.1) is 18.8 Å². The van der Waals surface area contributed by atoms with Crippen LogP contribution in [0.25, 0.3) is 44.3 Å². The molecule has 0 bridgehead atoms. The minimum atomic E-state index is -1.64. The number of hydrogen-bond acceptors (Lipinski definition) is 1. The average Bonchev–Trinajstić information content (AvgIpc) is 3.59. The topological polar surface area (TPSA) is 17.0 Å². The fraction of sp³-hybridized carbons (Fsp3) is 0.324. The SMILES string of the molecule is [2H]C1([2H])CC(C2CCCC2)C([2H])([2H])c2cccc(-c3cccc4c3oc3c(-c5cccc[n+]5C)c(C)ccc34)c21. The first-order valence-corrected chi connectivity index (χ1v) is 13.2. The van der Waals surface area contributed by atoms with Gasteiger partial charge in [0.2, 0.25) is 5.69 Å². The molecule has 1 unspecified atom stereocenters. The lowest BCUT2D eigenvalue weighted by Gasteiger charge is -2.30. The fourth-order valence-electron chi connectivity index (χ4n) is 6.47. The molecule has 36 heavy (non-hydrogen) atoms. The number of hydrogen-bond donors (Lipinski definition) is 0. The van der Waals surface area contributed by atoms with Gasteiger partial charge in [-0.05, 0) is 66.2 Å². The molecule has 2 heterocycles. The van der Waals surface area contributed by atoms with Crippen LogP contribution in [0.4, 0.5) is 0 Å². The Balaban J connectivity index is 1.47. The Bertz CT molecular complexity index is 1780. The summed E-state index contributed by atoms with van der Waals surface area (Å²) in [6.07, 6.45) is 3.24. The van der Waals surface area contributed by atoms with Gasteiger partial charge in [0.25, 0.3) is 0 Å². The molecule has 0 N–H and O–H groups in total. The van der Waals surface area contributed by atoms with E-state index in [1.807, 2.05) is 55.7 Å². The Hall–Kier alpha value is -3.39. The third kappa shape index (κ3) is 3.42. The third-order valence-corrected chi connectivity index (χ3v) is 8.35. The molecule has 3 aromatic carbocycles. The molecule has 180 valence electrons. The van der Waals surface area contributed by atoms with Crippen LogP contribution in [0.3, 0.4) is 0 Å². The average molecular weight is 477 g/mol. The van der Waals surface area contributed by atoms with Crippen molar-refractivity contribution in [2.24, 2.45) is 18.9 Å². The molecular weight excluding hydrogens is 438 g/mol. The number of para-hydroxylation sites is 1. The first kappa shape index (κ1) is 17.9. The van der Waals surface area contributed by atoms with Crippen LogP contribution < -0.4 is 4.57 Å². The Kier molecular flexibility index (Phi) is 4.30. The highest BCUT2D eigenvalue weighted by atomic mass is 16.3. The maximum Gasteiger partial charge on any atom is 0.216 e. The maximum atomic E-state index is 9.26. The second-order valence-electron chi connectivity index (χ2n) is 10.5. The lowest BCUT2D eigenvalue weighted by atomic mass is 9.74. The highest BCUT2D eigenvalue weighted by Crippen LogP contribution is 2.44. The lowest BCUT2D eigenvalue weighted by Crippen LogP contribution is -2.30. The number of pyridine rings is 1. The Morgan fingerprint density at radius 1 is 0.806 bits per heavy atom. The summed E-state index contributed by atoms with van der Waals surface area (Å²) in [5.41, 5.74) is 7.27. The highest BCUT2D eigenvalue weighted by molar-refractivity contribution is 6.13. The monoisotopic (exact) mass is 476 g/mol. The summed E-state index contributed by atoms with van der Waals surface area (Å²) in [4.78, 5) is 0. The van der Waals surface area contributed by atoms with Gasteiger partial charge in [-0.2, -0.15) is 0 Å². The standard InChI is InChI=1S/C34H34NO/c1-22-16-18-30-29-14-8-13-28(33(29)36-34(30)32(22)31-15-5-6-20-35(31)2)27-12-7-11-25-21-24(17-19-26(25)27)23-9-3-4-10-23/h5-8,11-16,18,20,23-24H,3-4,9-10,17,19,21H2,1-2H3/q+1/i19D2,21D2. The second kappa shape index (κ2) is 8.62. The zero-order valence-electron chi connectivity index (χ0n) is 25.0. The van der Waals surface area contributed by atoms with Crippen molar-refractivity contribution in [2.75, 3.05) is 0 Å².